The van der Waals surface area contributed by atoms with Crippen LogP contribution in [0, 0.1) is 23.7 Å². The van der Waals surface area contributed by atoms with Crippen molar-refractivity contribution in [1.82, 2.24) is 0 Å². The highest BCUT2D eigenvalue weighted by molar-refractivity contribution is 5.67. The van der Waals surface area contributed by atoms with Crippen molar-refractivity contribution in [1.29, 1.82) is 0 Å². The zero-order valence-corrected chi connectivity index (χ0v) is 17.8. The smallest absolute Gasteiger partial charge is 0.303 e. The van der Waals surface area contributed by atoms with Crippen LogP contribution in [0.2, 0.25) is 0 Å². The minimum absolute atomic E-state index is 0.274. The summed E-state index contributed by atoms with van der Waals surface area (Å²) < 4.78 is 0. The summed E-state index contributed by atoms with van der Waals surface area (Å²) in [6, 6.07) is 0. The van der Waals surface area contributed by atoms with Gasteiger partial charge in [-0.1, -0.05) is 59.6 Å². The van der Waals surface area contributed by atoms with E-state index in [1.165, 1.54) is 12.8 Å². The molecule has 2 fully saturated rings. The van der Waals surface area contributed by atoms with Gasteiger partial charge in [-0.2, -0.15) is 0 Å². The number of aliphatic hydroxyl groups is 2. The Labute approximate surface area is 161 Å². The van der Waals surface area contributed by atoms with E-state index >= 15 is 0 Å². The van der Waals surface area contributed by atoms with Crippen LogP contribution in [-0.4, -0.2) is 34.5 Å². The molecule has 0 spiro atoms. The van der Waals surface area contributed by atoms with Crippen LogP contribution < -0.4 is 0 Å². The predicted molar refractivity (Wildman–Crippen MR) is 110 cm³/mol. The predicted octanol–water partition coefficient (Wildman–Crippen LogP) is 5.28. The van der Waals surface area contributed by atoms with Crippen molar-refractivity contribution < 1.29 is 20.1 Å². The standard InChI is InChI=1S/C7H12O2.C7H14O.C6H12O.C2H6/c1-2-5-3-6(5)4-7(8)9;1-2-6-5-7(6)3-4-8;1-2-3-4-5-6-7;1-2/h5-6H,2-4H2,1H3,(H,8,9);6-8H,2-5H2,1H3;3-4,7H,2,5-6H2,1H3;1-2H3/b;;4-3-;. The lowest BCUT2D eigenvalue weighted by Gasteiger charge is -1.89. The van der Waals surface area contributed by atoms with Gasteiger partial charge in [0.05, 0.1) is 0 Å². The van der Waals surface area contributed by atoms with Gasteiger partial charge in [0, 0.05) is 19.6 Å². The molecule has 4 unspecified atom stereocenters. The van der Waals surface area contributed by atoms with Crippen LogP contribution in [0.4, 0.5) is 0 Å². The average molecular weight is 373 g/mol. The van der Waals surface area contributed by atoms with Crippen LogP contribution in [-0.2, 0) is 4.79 Å². The van der Waals surface area contributed by atoms with Crippen molar-refractivity contribution in [2.45, 2.75) is 86.0 Å². The third-order valence-corrected chi connectivity index (χ3v) is 4.82. The Kier molecular flexibility index (Phi) is 19.9. The summed E-state index contributed by atoms with van der Waals surface area (Å²) in [4.78, 5) is 10.1. The second-order valence-corrected chi connectivity index (χ2v) is 6.83. The maximum absolute atomic E-state index is 10.1. The molecule has 3 N–H and O–H groups in total. The van der Waals surface area contributed by atoms with E-state index in [0.29, 0.717) is 18.9 Å². The lowest BCUT2D eigenvalue weighted by Crippen LogP contribution is -1.96. The molecule has 2 aliphatic carbocycles. The fourth-order valence-corrected chi connectivity index (χ4v) is 2.97. The van der Waals surface area contributed by atoms with Gasteiger partial charge < -0.3 is 15.3 Å². The highest BCUT2D eigenvalue weighted by Crippen LogP contribution is 2.43. The highest BCUT2D eigenvalue weighted by atomic mass is 16.4. The van der Waals surface area contributed by atoms with Crippen LogP contribution in [0.5, 0.6) is 0 Å². The fraction of sp³-hybridized carbons (Fsp3) is 0.864. The summed E-state index contributed by atoms with van der Waals surface area (Å²) in [5.74, 6) is 2.43. The Morgan fingerprint density at radius 1 is 0.885 bits per heavy atom. The van der Waals surface area contributed by atoms with Crippen molar-refractivity contribution in [2.24, 2.45) is 23.7 Å². The molecule has 0 bridgehead atoms. The zero-order chi connectivity index (χ0) is 20.4. The maximum atomic E-state index is 10.1. The number of carboxylic acids is 1. The molecular formula is C22H44O4. The van der Waals surface area contributed by atoms with Gasteiger partial charge in [-0.3, -0.25) is 4.79 Å². The molecule has 0 amide bonds. The quantitative estimate of drug-likeness (QED) is 0.481. The molecule has 0 heterocycles. The Morgan fingerprint density at radius 2 is 1.42 bits per heavy atom. The molecule has 2 aliphatic rings. The van der Waals surface area contributed by atoms with E-state index < -0.39 is 5.97 Å². The number of carbonyl (C=O) groups is 1. The van der Waals surface area contributed by atoms with Crippen molar-refractivity contribution in [3.8, 4) is 0 Å². The first-order chi connectivity index (χ1) is 12.5. The van der Waals surface area contributed by atoms with Crippen LogP contribution in [0.3, 0.4) is 0 Å². The summed E-state index contributed by atoms with van der Waals surface area (Å²) in [5.41, 5.74) is 0. The highest BCUT2D eigenvalue weighted by Gasteiger charge is 2.36. The summed E-state index contributed by atoms with van der Waals surface area (Å²) in [6.45, 7) is 11.1. The molecule has 0 aromatic heterocycles. The molecule has 0 aromatic rings. The van der Waals surface area contributed by atoms with E-state index in [2.05, 4.69) is 26.8 Å². The molecule has 2 saturated carbocycles. The van der Waals surface area contributed by atoms with E-state index in [1.807, 2.05) is 19.9 Å². The number of hydrogen-bond donors (Lipinski definition) is 3. The van der Waals surface area contributed by atoms with Crippen molar-refractivity contribution in [3.63, 3.8) is 0 Å². The molecule has 4 atom stereocenters. The summed E-state index contributed by atoms with van der Waals surface area (Å²) in [5, 5.41) is 25.1. The molecule has 4 nitrogen and oxygen atoms in total. The Hall–Kier alpha value is -0.870. The number of aliphatic hydroxyl groups excluding tert-OH is 2. The minimum Gasteiger partial charge on any atom is -0.481 e. The molecule has 0 aromatic carbocycles. The van der Waals surface area contributed by atoms with E-state index in [9.17, 15) is 4.79 Å². The normalized spacial score (nSPS) is 25.0. The molecule has 4 heteroatoms. The average Bonchev–Trinajstić information content (AvgIpc) is 3.55. The summed E-state index contributed by atoms with van der Waals surface area (Å²) >= 11 is 0. The van der Waals surface area contributed by atoms with Crippen LogP contribution in [0.25, 0.3) is 0 Å². The minimum atomic E-state index is -0.643. The number of aliphatic carboxylic acids is 1. The van der Waals surface area contributed by atoms with Crippen LogP contribution >= 0.6 is 0 Å². The first-order valence-electron chi connectivity index (χ1n) is 10.6. The summed E-state index contributed by atoms with van der Waals surface area (Å²) in [6.07, 6.45) is 12.3. The third-order valence-electron chi connectivity index (χ3n) is 4.82. The van der Waals surface area contributed by atoms with Gasteiger partial charge in [0.2, 0.25) is 0 Å². The lowest BCUT2D eigenvalue weighted by atomic mass is 10.2. The van der Waals surface area contributed by atoms with Crippen molar-refractivity contribution in [3.05, 3.63) is 12.2 Å². The van der Waals surface area contributed by atoms with Gasteiger partial charge >= 0.3 is 5.97 Å². The van der Waals surface area contributed by atoms with Gasteiger partial charge in [0.25, 0.3) is 0 Å². The van der Waals surface area contributed by atoms with Crippen molar-refractivity contribution >= 4 is 5.97 Å². The van der Waals surface area contributed by atoms with E-state index in [1.54, 1.807) is 0 Å². The Morgan fingerprint density at radius 3 is 1.77 bits per heavy atom. The van der Waals surface area contributed by atoms with E-state index in [0.717, 1.165) is 49.9 Å². The summed E-state index contributed by atoms with van der Waals surface area (Å²) in [7, 11) is 0. The largest absolute Gasteiger partial charge is 0.481 e. The van der Waals surface area contributed by atoms with E-state index in [-0.39, 0.29) is 6.61 Å². The fourth-order valence-electron chi connectivity index (χ4n) is 2.97. The van der Waals surface area contributed by atoms with Crippen LogP contribution in [0.1, 0.15) is 86.0 Å². The van der Waals surface area contributed by atoms with Gasteiger partial charge in [-0.05, 0) is 55.8 Å². The molecular weight excluding hydrogens is 328 g/mol. The molecule has 0 radical (unpaired) electrons. The first-order valence-corrected chi connectivity index (χ1v) is 10.6. The lowest BCUT2D eigenvalue weighted by molar-refractivity contribution is -0.137. The van der Waals surface area contributed by atoms with E-state index in [4.69, 9.17) is 15.3 Å². The molecule has 26 heavy (non-hydrogen) atoms. The SMILES string of the molecule is CC.CC/C=C\CCO.CCC1CC1CC(=O)O.CCC1CC1CCO. The van der Waals surface area contributed by atoms with Gasteiger partial charge in [0.15, 0.2) is 0 Å². The first kappa shape index (κ1) is 27.3. The van der Waals surface area contributed by atoms with Gasteiger partial charge in [-0.25, -0.2) is 0 Å². The number of rotatable bonds is 9. The zero-order valence-electron chi connectivity index (χ0n) is 17.8. The Balaban J connectivity index is 0. The van der Waals surface area contributed by atoms with Crippen molar-refractivity contribution in [2.75, 3.05) is 13.2 Å². The Bertz CT molecular complexity index is 341. The molecule has 156 valence electrons. The second-order valence-electron chi connectivity index (χ2n) is 6.83. The second kappa shape index (κ2) is 18.9. The van der Waals surface area contributed by atoms with Gasteiger partial charge in [-0.15, -0.1) is 0 Å². The number of hydrogen-bond acceptors (Lipinski definition) is 3. The molecule has 0 aliphatic heterocycles. The maximum Gasteiger partial charge on any atom is 0.303 e. The monoisotopic (exact) mass is 372 g/mol. The molecule has 0 saturated heterocycles. The number of allylic oxidation sites excluding steroid dienone is 1. The molecule has 2 rings (SSSR count). The topological polar surface area (TPSA) is 77.8 Å². The number of carboxylic acid groups (broad SMARTS) is 1. The van der Waals surface area contributed by atoms with Gasteiger partial charge in [0.1, 0.15) is 0 Å². The van der Waals surface area contributed by atoms with Crippen LogP contribution in [0.15, 0.2) is 12.2 Å². The third kappa shape index (κ3) is 16.6.